The molecule has 118 valence electrons. The van der Waals surface area contributed by atoms with E-state index in [9.17, 15) is 23.1 Å². The summed E-state index contributed by atoms with van der Waals surface area (Å²) in [5.41, 5.74) is -1.91. The Labute approximate surface area is 120 Å². The molecule has 1 amide bonds. The number of hydrogen-bond acceptors (Lipinski definition) is 3. The van der Waals surface area contributed by atoms with E-state index in [2.05, 4.69) is 10.1 Å². The minimum atomic E-state index is -4.77. The number of aliphatic hydroxyl groups is 1. The number of amides is 1. The van der Waals surface area contributed by atoms with E-state index in [-0.39, 0.29) is 5.56 Å². The normalized spacial score (nSPS) is 13.0. The molecule has 1 aromatic carbocycles. The van der Waals surface area contributed by atoms with Crippen LogP contribution >= 0.6 is 0 Å². The second-order valence-corrected chi connectivity index (χ2v) is 5.71. The molecule has 0 aliphatic heterocycles. The molecule has 0 radical (unpaired) electrons. The van der Waals surface area contributed by atoms with Crippen LogP contribution in [-0.4, -0.2) is 28.5 Å². The van der Waals surface area contributed by atoms with Gasteiger partial charge in [-0.05, 0) is 52.0 Å². The molecule has 0 heterocycles. The maximum absolute atomic E-state index is 12.0. The van der Waals surface area contributed by atoms with Crippen molar-refractivity contribution in [1.29, 1.82) is 0 Å². The first-order chi connectivity index (χ1) is 9.32. The van der Waals surface area contributed by atoms with Gasteiger partial charge in [0.15, 0.2) is 0 Å². The third kappa shape index (κ3) is 4.93. The van der Waals surface area contributed by atoms with Gasteiger partial charge in [-0.3, -0.25) is 4.79 Å². The lowest BCUT2D eigenvalue weighted by Gasteiger charge is -2.38. The van der Waals surface area contributed by atoms with Crippen LogP contribution in [0.4, 0.5) is 13.2 Å². The van der Waals surface area contributed by atoms with Crippen LogP contribution in [0.25, 0.3) is 0 Å². The lowest BCUT2D eigenvalue weighted by Crippen LogP contribution is -2.57. The number of rotatable bonds is 4. The Bertz CT molecular complexity index is 502. The fraction of sp³-hybridized carbons (Fsp3) is 0.500. The SMILES string of the molecule is CC(C)(O)C(C)(C)NC(=O)c1ccc(OC(F)(F)F)cc1. The summed E-state index contributed by atoms with van der Waals surface area (Å²) in [5, 5.41) is 12.6. The van der Waals surface area contributed by atoms with Gasteiger partial charge in [0.25, 0.3) is 5.91 Å². The Morgan fingerprint density at radius 3 is 1.95 bits per heavy atom. The van der Waals surface area contributed by atoms with Gasteiger partial charge >= 0.3 is 6.36 Å². The van der Waals surface area contributed by atoms with Gasteiger partial charge in [-0.15, -0.1) is 13.2 Å². The summed E-state index contributed by atoms with van der Waals surface area (Å²) >= 11 is 0. The fourth-order valence-corrected chi connectivity index (χ4v) is 1.32. The van der Waals surface area contributed by atoms with Crippen molar-refractivity contribution in [2.75, 3.05) is 0 Å². The Morgan fingerprint density at radius 2 is 1.57 bits per heavy atom. The molecular formula is C14H18F3NO3. The number of hydrogen-bond donors (Lipinski definition) is 2. The minimum absolute atomic E-state index is 0.168. The Morgan fingerprint density at radius 1 is 1.10 bits per heavy atom. The zero-order chi connectivity index (χ0) is 16.5. The summed E-state index contributed by atoms with van der Waals surface area (Å²) in [7, 11) is 0. The van der Waals surface area contributed by atoms with E-state index in [1.807, 2.05) is 0 Å². The Balaban J connectivity index is 2.81. The van der Waals surface area contributed by atoms with Crippen molar-refractivity contribution < 1.29 is 27.8 Å². The molecule has 0 bridgehead atoms. The van der Waals surface area contributed by atoms with Crippen LogP contribution in [-0.2, 0) is 0 Å². The molecule has 0 saturated carbocycles. The highest BCUT2D eigenvalue weighted by Gasteiger charge is 2.36. The molecular weight excluding hydrogens is 287 g/mol. The molecule has 1 aromatic rings. The average Bonchev–Trinajstić information content (AvgIpc) is 2.25. The van der Waals surface area contributed by atoms with Crippen LogP contribution in [0.15, 0.2) is 24.3 Å². The molecule has 0 aliphatic carbocycles. The summed E-state index contributed by atoms with van der Waals surface area (Å²) in [6, 6.07) is 4.55. The van der Waals surface area contributed by atoms with E-state index >= 15 is 0 Å². The van der Waals surface area contributed by atoms with Crippen LogP contribution in [0.2, 0.25) is 0 Å². The molecule has 1 rings (SSSR count). The van der Waals surface area contributed by atoms with Gasteiger partial charge in [0.05, 0.1) is 11.1 Å². The molecule has 0 spiro atoms. The molecule has 0 unspecified atom stereocenters. The van der Waals surface area contributed by atoms with Crippen molar-refractivity contribution >= 4 is 5.91 Å². The number of carbonyl (C=O) groups is 1. The number of halogens is 3. The summed E-state index contributed by atoms with van der Waals surface area (Å²) in [4.78, 5) is 12.0. The Hall–Kier alpha value is -1.76. The first kappa shape index (κ1) is 17.3. The van der Waals surface area contributed by atoms with E-state index in [1.54, 1.807) is 27.7 Å². The van der Waals surface area contributed by atoms with Gasteiger partial charge in [-0.1, -0.05) is 0 Å². The smallest absolute Gasteiger partial charge is 0.406 e. The molecule has 0 aliphatic rings. The number of nitrogens with one attached hydrogen (secondary N) is 1. The third-order valence-electron chi connectivity index (χ3n) is 3.31. The topological polar surface area (TPSA) is 58.6 Å². The van der Waals surface area contributed by atoms with E-state index in [0.29, 0.717) is 0 Å². The molecule has 2 N–H and O–H groups in total. The maximum Gasteiger partial charge on any atom is 0.573 e. The predicted octanol–water partition coefficient (Wildman–Crippen LogP) is 2.86. The van der Waals surface area contributed by atoms with Crippen LogP contribution in [0.5, 0.6) is 5.75 Å². The zero-order valence-corrected chi connectivity index (χ0v) is 12.2. The van der Waals surface area contributed by atoms with Gasteiger partial charge in [0.1, 0.15) is 5.75 Å². The largest absolute Gasteiger partial charge is 0.573 e. The van der Waals surface area contributed by atoms with Crippen molar-refractivity contribution in [3.8, 4) is 5.75 Å². The predicted molar refractivity (Wildman–Crippen MR) is 71.0 cm³/mol. The molecule has 0 saturated heterocycles. The molecule has 0 fully saturated rings. The van der Waals surface area contributed by atoms with Crippen LogP contribution < -0.4 is 10.1 Å². The molecule has 7 heteroatoms. The van der Waals surface area contributed by atoms with Crippen molar-refractivity contribution in [3.05, 3.63) is 29.8 Å². The van der Waals surface area contributed by atoms with Crippen LogP contribution in [0, 0.1) is 0 Å². The summed E-state index contributed by atoms with van der Waals surface area (Å²) < 4.78 is 39.8. The van der Waals surface area contributed by atoms with E-state index in [4.69, 9.17) is 0 Å². The summed E-state index contributed by atoms with van der Waals surface area (Å²) in [6.45, 7) is 6.39. The van der Waals surface area contributed by atoms with Gasteiger partial charge < -0.3 is 15.2 Å². The maximum atomic E-state index is 12.0. The van der Waals surface area contributed by atoms with Crippen molar-refractivity contribution in [3.63, 3.8) is 0 Å². The van der Waals surface area contributed by atoms with Gasteiger partial charge in [-0.2, -0.15) is 0 Å². The monoisotopic (exact) mass is 305 g/mol. The Kier molecular flexibility index (Phi) is 4.57. The quantitative estimate of drug-likeness (QED) is 0.899. The standard InChI is InChI=1S/C14H18F3NO3/c1-12(2,13(3,4)20)18-11(19)9-5-7-10(8-6-9)21-14(15,16)17/h5-8,20H,1-4H3,(H,18,19). The van der Waals surface area contributed by atoms with E-state index < -0.39 is 29.2 Å². The number of carbonyl (C=O) groups excluding carboxylic acids is 1. The van der Waals surface area contributed by atoms with Gasteiger partial charge in [0.2, 0.25) is 0 Å². The highest BCUT2D eigenvalue weighted by Crippen LogP contribution is 2.24. The highest BCUT2D eigenvalue weighted by atomic mass is 19.4. The van der Waals surface area contributed by atoms with Crippen molar-refractivity contribution in [2.45, 2.75) is 45.2 Å². The van der Waals surface area contributed by atoms with Crippen molar-refractivity contribution in [1.82, 2.24) is 5.32 Å². The first-order valence-electron chi connectivity index (χ1n) is 6.22. The van der Waals surface area contributed by atoms with E-state index in [1.165, 1.54) is 12.1 Å². The van der Waals surface area contributed by atoms with E-state index in [0.717, 1.165) is 12.1 Å². The van der Waals surface area contributed by atoms with Crippen LogP contribution in [0.3, 0.4) is 0 Å². The third-order valence-corrected chi connectivity index (χ3v) is 3.31. The molecule has 21 heavy (non-hydrogen) atoms. The van der Waals surface area contributed by atoms with Gasteiger partial charge in [0, 0.05) is 5.56 Å². The zero-order valence-electron chi connectivity index (χ0n) is 12.2. The van der Waals surface area contributed by atoms with Crippen molar-refractivity contribution in [2.24, 2.45) is 0 Å². The molecule has 0 aromatic heterocycles. The lowest BCUT2D eigenvalue weighted by molar-refractivity contribution is -0.274. The molecule has 0 atom stereocenters. The lowest BCUT2D eigenvalue weighted by atomic mass is 9.86. The average molecular weight is 305 g/mol. The summed E-state index contributed by atoms with van der Waals surface area (Å²) in [6.07, 6.45) is -4.77. The number of alkyl halides is 3. The first-order valence-corrected chi connectivity index (χ1v) is 6.22. The van der Waals surface area contributed by atoms with Crippen LogP contribution in [0.1, 0.15) is 38.1 Å². The van der Waals surface area contributed by atoms with Gasteiger partial charge in [-0.25, -0.2) is 0 Å². The number of benzene rings is 1. The highest BCUT2D eigenvalue weighted by molar-refractivity contribution is 5.94. The fourth-order valence-electron chi connectivity index (χ4n) is 1.32. The second kappa shape index (κ2) is 5.55. The minimum Gasteiger partial charge on any atom is -0.406 e. The second-order valence-electron chi connectivity index (χ2n) is 5.71. The number of ether oxygens (including phenoxy) is 1. The summed E-state index contributed by atoms with van der Waals surface area (Å²) in [5.74, 6) is -0.901. The molecule has 4 nitrogen and oxygen atoms in total.